The number of hydrogen-bond donors (Lipinski definition) is 0. The van der Waals surface area contributed by atoms with Crippen molar-refractivity contribution in [2.45, 2.75) is 0 Å². The highest BCUT2D eigenvalue weighted by molar-refractivity contribution is 5.65. The van der Waals surface area contributed by atoms with Crippen molar-refractivity contribution < 1.29 is 14.8 Å². The van der Waals surface area contributed by atoms with Crippen molar-refractivity contribution in [1.82, 2.24) is 15.0 Å². The molecule has 0 spiro atoms. The Balaban J connectivity index is 0.000000304. The lowest BCUT2D eigenvalue weighted by Crippen LogP contribution is -2.00. The van der Waals surface area contributed by atoms with Gasteiger partial charge in [-0.3, -0.25) is 30.3 Å². The van der Waals surface area contributed by atoms with Gasteiger partial charge in [0.1, 0.15) is 19.0 Å². The molecule has 108 valence electrons. The first-order valence-electron chi connectivity index (χ1n) is 5.06. The Hall–Kier alpha value is -3.57. The largest absolute Gasteiger partial charge is 0.422 e. The predicted octanol–water partition coefficient (Wildman–Crippen LogP) is 1.28. The molecule has 1 aromatic heterocycles. The molecule has 0 saturated heterocycles. The molecule has 0 aliphatic carbocycles. The summed E-state index contributed by atoms with van der Waals surface area (Å²) in [5.74, 6) is 0. The number of rotatable bonds is 3. The zero-order chi connectivity index (χ0) is 15.8. The van der Waals surface area contributed by atoms with Crippen molar-refractivity contribution in [1.29, 1.82) is 0 Å². The standard InChI is InChI=1S/C6H3N3O6.C3H3N3/c10-7(11)4-2-1-3-5(8(12)13)6(4)9(14)15;1-4-2-6-3-5-1/h1-3H;1-3H. The van der Waals surface area contributed by atoms with E-state index in [4.69, 9.17) is 0 Å². The van der Waals surface area contributed by atoms with Gasteiger partial charge >= 0.3 is 17.1 Å². The third kappa shape index (κ3) is 4.23. The molecule has 1 aromatic carbocycles. The van der Waals surface area contributed by atoms with Crippen LogP contribution in [0.1, 0.15) is 0 Å². The normalized spacial score (nSPS) is 9.14. The molecule has 1 heterocycles. The predicted molar refractivity (Wildman–Crippen MR) is 66.2 cm³/mol. The summed E-state index contributed by atoms with van der Waals surface area (Å²) in [4.78, 5) is 38.7. The topological polar surface area (TPSA) is 168 Å². The molecule has 2 rings (SSSR count). The number of nitro groups is 3. The van der Waals surface area contributed by atoms with Gasteiger partial charge in [-0.05, 0) is 6.07 Å². The molecule has 2 aromatic rings. The van der Waals surface area contributed by atoms with Crippen LogP contribution in [0.4, 0.5) is 17.1 Å². The van der Waals surface area contributed by atoms with Crippen LogP contribution in [0, 0.1) is 30.3 Å². The van der Waals surface area contributed by atoms with Gasteiger partial charge in [0.05, 0.1) is 14.8 Å². The maximum Gasteiger partial charge on any atom is 0.422 e. The zero-order valence-corrected chi connectivity index (χ0v) is 10.1. The average molecular weight is 294 g/mol. The molecule has 0 amide bonds. The molecular formula is C9H6N6O6. The highest BCUT2D eigenvalue weighted by Gasteiger charge is 2.34. The minimum Gasteiger partial charge on any atom is -0.258 e. The molecule has 0 bridgehead atoms. The first kappa shape index (κ1) is 15.5. The molecule has 0 aliphatic rings. The Morgan fingerprint density at radius 2 is 1.10 bits per heavy atom. The van der Waals surface area contributed by atoms with Crippen LogP contribution in [0.3, 0.4) is 0 Å². The quantitative estimate of drug-likeness (QED) is 0.597. The third-order valence-electron chi connectivity index (χ3n) is 1.97. The molecule has 12 nitrogen and oxygen atoms in total. The molecule has 0 fully saturated rings. The van der Waals surface area contributed by atoms with Gasteiger partial charge in [-0.1, -0.05) is 0 Å². The van der Waals surface area contributed by atoms with Crippen LogP contribution >= 0.6 is 0 Å². The van der Waals surface area contributed by atoms with E-state index in [9.17, 15) is 30.3 Å². The maximum atomic E-state index is 10.4. The highest BCUT2D eigenvalue weighted by Crippen LogP contribution is 2.35. The molecule has 0 radical (unpaired) electrons. The second-order valence-electron chi connectivity index (χ2n) is 3.21. The van der Waals surface area contributed by atoms with Gasteiger partial charge in [-0.25, -0.2) is 15.0 Å². The lowest BCUT2D eigenvalue weighted by Gasteiger charge is -1.95. The molecule has 21 heavy (non-hydrogen) atoms. The lowest BCUT2D eigenvalue weighted by atomic mass is 10.2. The van der Waals surface area contributed by atoms with Crippen molar-refractivity contribution in [2.75, 3.05) is 0 Å². The van der Waals surface area contributed by atoms with Gasteiger partial charge in [-0.15, -0.1) is 0 Å². The van der Waals surface area contributed by atoms with E-state index in [1.165, 1.54) is 19.0 Å². The number of benzene rings is 1. The number of para-hydroxylation sites is 1. The van der Waals surface area contributed by atoms with E-state index in [1.54, 1.807) is 0 Å². The van der Waals surface area contributed by atoms with E-state index < -0.39 is 31.8 Å². The lowest BCUT2D eigenvalue weighted by molar-refractivity contribution is -0.441. The van der Waals surface area contributed by atoms with E-state index in [0.29, 0.717) is 0 Å². The second-order valence-corrected chi connectivity index (χ2v) is 3.21. The SMILES string of the molecule is O=[N+]([O-])c1cccc([N+](=O)[O-])c1[N+](=O)[O-].c1ncncn1. The van der Waals surface area contributed by atoms with Crippen LogP contribution in [0.2, 0.25) is 0 Å². The Morgan fingerprint density at radius 1 is 0.714 bits per heavy atom. The van der Waals surface area contributed by atoms with Gasteiger partial charge in [-0.2, -0.15) is 0 Å². The summed E-state index contributed by atoms with van der Waals surface area (Å²) >= 11 is 0. The van der Waals surface area contributed by atoms with Crippen molar-refractivity contribution in [3.63, 3.8) is 0 Å². The monoisotopic (exact) mass is 294 g/mol. The molecule has 0 atom stereocenters. The summed E-state index contributed by atoms with van der Waals surface area (Å²) in [6.07, 6.45) is 4.31. The second kappa shape index (κ2) is 7.13. The van der Waals surface area contributed by atoms with Crippen LogP contribution in [0.25, 0.3) is 0 Å². The Bertz CT molecular complexity index is 604. The van der Waals surface area contributed by atoms with E-state index >= 15 is 0 Å². The Kier molecular flexibility index (Phi) is 5.26. The summed E-state index contributed by atoms with van der Waals surface area (Å²) in [5.41, 5.74) is -2.89. The van der Waals surface area contributed by atoms with Crippen LogP contribution in [0.15, 0.2) is 37.2 Å². The van der Waals surface area contributed by atoms with Crippen molar-refractivity contribution >= 4 is 17.1 Å². The summed E-state index contributed by atoms with van der Waals surface area (Å²) in [6.45, 7) is 0. The summed E-state index contributed by atoms with van der Waals surface area (Å²) in [7, 11) is 0. The van der Waals surface area contributed by atoms with Crippen molar-refractivity contribution in [3.05, 3.63) is 67.5 Å². The van der Waals surface area contributed by atoms with Crippen LogP contribution in [-0.2, 0) is 0 Å². The molecule has 0 unspecified atom stereocenters. The fourth-order valence-electron chi connectivity index (χ4n) is 1.21. The summed E-state index contributed by atoms with van der Waals surface area (Å²) in [6, 6.07) is 2.69. The van der Waals surface area contributed by atoms with E-state index in [2.05, 4.69) is 15.0 Å². The van der Waals surface area contributed by atoms with Gasteiger partial charge in [0.15, 0.2) is 0 Å². The van der Waals surface area contributed by atoms with Crippen LogP contribution < -0.4 is 0 Å². The number of nitro benzene ring substituents is 3. The van der Waals surface area contributed by atoms with Crippen molar-refractivity contribution in [2.24, 2.45) is 0 Å². The van der Waals surface area contributed by atoms with Crippen molar-refractivity contribution in [3.8, 4) is 0 Å². The van der Waals surface area contributed by atoms with Gasteiger partial charge in [0.2, 0.25) is 0 Å². The molecule has 12 heteroatoms. The van der Waals surface area contributed by atoms with Gasteiger partial charge in [0.25, 0.3) is 0 Å². The maximum absolute atomic E-state index is 10.4. The zero-order valence-electron chi connectivity index (χ0n) is 10.1. The summed E-state index contributed by atoms with van der Waals surface area (Å²) in [5, 5.41) is 31.2. The Morgan fingerprint density at radius 3 is 1.33 bits per heavy atom. The summed E-state index contributed by atoms with van der Waals surface area (Å²) < 4.78 is 0. The van der Waals surface area contributed by atoms with Crippen LogP contribution in [-0.4, -0.2) is 29.7 Å². The first-order chi connectivity index (χ1) is 9.95. The molecule has 0 saturated carbocycles. The van der Waals surface area contributed by atoms with Crippen LogP contribution in [0.5, 0.6) is 0 Å². The van der Waals surface area contributed by atoms with E-state index in [1.807, 2.05) is 0 Å². The van der Waals surface area contributed by atoms with E-state index in [-0.39, 0.29) is 0 Å². The highest BCUT2D eigenvalue weighted by atomic mass is 16.6. The molecular weight excluding hydrogens is 288 g/mol. The number of hydrogen-bond acceptors (Lipinski definition) is 9. The van der Waals surface area contributed by atoms with E-state index in [0.717, 1.165) is 18.2 Å². The fourth-order valence-corrected chi connectivity index (χ4v) is 1.21. The molecule has 0 aliphatic heterocycles. The van der Waals surface area contributed by atoms with Gasteiger partial charge < -0.3 is 0 Å². The Labute approximate surface area is 115 Å². The van der Waals surface area contributed by atoms with Gasteiger partial charge in [0, 0.05) is 12.1 Å². The molecule has 0 N–H and O–H groups in total. The third-order valence-corrected chi connectivity index (χ3v) is 1.97. The number of nitrogens with zero attached hydrogens (tertiary/aromatic N) is 6. The minimum absolute atomic E-state index is 0.838. The first-order valence-corrected chi connectivity index (χ1v) is 5.06. The number of aromatic nitrogens is 3. The minimum atomic E-state index is -1.14. The fraction of sp³-hybridized carbons (Fsp3) is 0. The average Bonchev–Trinajstić information content (AvgIpc) is 2.48. The smallest absolute Gasteiger partial charge is 0.258 e.